The summed E-state index contributed by atoms with van der Waals surface area (Å²) in [7, 11) is 0. The number of hydrogen-bond donors (Lipinski definition) is 0. The van der Waals surface area contributed by atoms with Crippen LogP contribution in [0.5, 0.6) is 0 Å². The van der Waals surface area contributed by atoms with Gasteiger partial charge < -0.3 is 9.80 Å². The Bertz CT molecular complexity index is 756. The standard InChI is InChI=1S/C23H33N3O2/c1-17(2)25-13-20-14-26(21(27)12-19-8-6-7-18(3)11-19)16-23(20,15-25)22(28)24-9-4-5-10-24/h6-8,11,17,20H,4-5,9-10,12-16H2,1-3H3/t20-,23-/m0/s1. The third kappa shape index (κ3) is 3.45. The number of carbonyl (C=O) groups is 2. The highest BCUT2D eigenvalue weighted by Gasteiger charge is 2.59. The fourth-order valence-electron chi connectivity index (χ4n) is 5.33. The third-order valence-electron chi connectivity index (χ3n) is 6.98. The van der Waals surface area contributed by atoms with Gasteiger partial charge in [-0.15, -0.1) is 0 Å². The van der Waals surface area contributed by atoms with E-state index in [1.165, 1.54) is 5.56 Å². The van der Waals surface area contributed by atoms with Crippen LogP contribution in [0.15, 0.2) is 24.3 Å². The number of aryl methyl sites for hydroxylation is 1. The quantitative estimate of drug-likeness (QED) is 0.802. The van der Waals surface area contributed by atoms with Crippen molar-refractivity contribution in [3.63, 3.8) is 0 Å². The van der Waals surface area contributed by atoms with Crippen LogP contribution in [-0.2, 0) is 16.0 Å². The lowest BCUT2D eigenvalue weighted by atomic mass is 9.79. The number of carbonyl (C=O) groups excluding carboxylic acids is 2. The van der Waals surface area contributed by atoms with E-state index in [0.717, 1.165) is 44.6 Å². The van der Waals surface area contributed by atoms with Crippen LogP contribution in [0.1, 0.15) is 37.8 Å². The molecule has 0 spiro atoms. The van der Waals surface area contributed by atoms with Crippen molar-refractivity contribution < 1.29 is 9.59 Å². The maximum Gasteiger partial charge on any atom is 0.232 e. The molecule has 28 heavy (non-hydrogen) atoms. The van der Waals surface area contributed by atoms with E-state index in [2.05, 4.69) is 42.7 Å². The summed E-state index contributed by atoms with van der Waals surface area (Å²) in [6.45, 7) is 11.2. The van der Waals surface area contributed by atoms with Gasteiger partial charge in [0.25, 0.3) is 0 Å². The molecule has 2 amide bonds. The Morgan fingerprint density at radius 1 is 1.11 bits per heavy atom. The summed E-state index contributed by atoms with van der Waals surface area (Å²) in [5.74, 6) is 0.707. The SMILES string of the molecule is Cc1cccc(CC(=O)N2C[C@@H]3CN(C(C)C)C[C@]3(C(=O)N3CCCC3)C2)c1. The molecule has 5 heteroatoms. The molecule has 152 valence electrons. The summed E-state index contributed by atoms with van der Waals surface area (Å²) in [5, 5.41) is 0. The molecule has 3 saturated heterocycles. The highest BCUT2D eigenvalue weighted by atomic mass is 16.2. The maximum absolute atomic E-state index is 13.6. The van der Waals surface area contributed by atoms with Gasteiger partial charge in [-0.25, -0.2) is 0 Å². The van der Waals surface area contributed by atoms with Crippen molar-refractivity contribution in [1.82, 2.24) is 14.7 Å². The topological polar surface area (TPSA) is 43.9 Å². The molecule has 4 rings (SSSR count). The van der Waals surface area contributed by atoms with Crippen molar-refractivity contribution in [3.05, 3.63) is 35.4 Å². The Labute approximate surface area is 168 Å². The summed E-state index contributed by atoms with van der Waals surface area (Å²) in [5.41, 5.74) is 1.83. The number of nitrogens with zero attached hydrogens (tertiary/aromatic N) is 3. The van der Waals surface area contributed by atoms with Gasteiger partial charge in [-0.1, -0.05) is 29.8 Å². The molecule has 5 nitrogen and oxygen atoms in total. The van der Waals surface area contributed by atoms with Crippen molar-refractivity contribution in [1.29, 1.82) is 0 Å². The first kappa shape index (κ1) is 19.4. The number of benzene rings is 1. The molecule has 0 saturated carbocycles. The van der Waals surface area contributed by atoms with E-state index in [4.69, 9.17) is 0 Å². The molecule has 3 aliphatic heterocycles. The summed E-state index contributed by atoms with van der Waals surface area (Å²) in [4.78, 5) is 33.1. The first-order chi connectivity index (χ1) is 13.4. The molecule has 1 aromatic rings. The molecule has 0 unspecified atom stereocenters. The van der Waals surface area contributed by atoms with E-state index in [0.29, 0.717) is 31.5 Å². The molecule has 3 fully saturated rings. The second-order valence-electron chi connectivity index (χ2n) is 9.32. The predicted molar refractivity (Wildman–Crippen MR) is 110 cm³/mol. The molecule has 0 bridgehead atoms. The molecule has 0 radical (unpaired) electrons. The van der Waals surface area contributed by atoms with Crippen molar-refractivity contribution in [3.8, 4) is 0 Å². The van der Waals surface area contributed by atoms with Gasteiger partial charge in [-0.05, 0) is 39.2 Å². The number of likely N-dealkylation sites (tertiary alicyclic amines) is 3. The van der Waals surface area contributed by atoms with Crippen LogP contribution >= 0.6 is 0 Å². The molecular weight excluding hydrogens is 350 g/mol. The van der Waals surface area contributed by atoms with Gasteiger partial charge in [-0.2, -0.15) is 0 Å². The lowest BCUT2D eigenvalue weighted by Crippen LogP contribution is -2.49. The van der Waals surface area contributed by atoms with Gasteiger partial charge in [0.2, 0.25) is 11.8 Å². The average molecular weight is 384 g/mol. The lowest BCUT2D eigenvalue weighted by molar-refractivity contribution is -0.141. The van der Waals surface area contributed by atoms with Gasteiger partial charge in [0.05, 0.1) is 11.8 Å². The second kappa shape index (κ2) is 7.51. The normalized spacial score (nSPS) is 27.6. The summed E-state index contributed by atoms with van der Waals surface area (Å²) in [6.07, 6.45) is 2.64. The first-order valence-corrected chi connectivity index (χ1v) is 10.8. The highest BCUT2D eigenvalue weighted by Crippen LogP contribution is 2.45. The number of amides is 2. The summed E-state index contributed by atoms with van der Waals surface area (Å²) >= 11 is 0. The minimum atomic E-state index is -0.406. The second-order valence-corrected chi connectivity index (χ2v) is 9.32. The maximum atomic E-state index is 13.6. The van der Waals surface area contributed by atoms with Crippen LogP contribution in [0.25, 0.3) is 0 Å². The monoisotopic (exact) mass is 383 g/mol. The Morgan fingerprint density at radius 3 is 2.54 bits per heavy atom. The van der Waals surface area contributed by atoms with Crippen molar-refractivity contribution in [2.75, 3.05) is 39.3 Å². The number of hydrogen-bond acceptors (Lipinski definition) is 3. The average Bonchev–Trinajstić information content (AvgIpc) is 3.35. The van der Waals surface area contributed by atoms with E-state index >= 15 is 0 Å². The molecular formula is C23H33N3O2. The summed E-state index contributed by atoms with van der Waals surface area (Å²) < 4.78 is 0. The van der Waals surface area contributed by atoms with Crippen molar-refractivity contribution in [2.45, 2.75) is 46.1 Å². The third-order valence-corrected chi connectivity index (χ3v) is 6.98. The Hall–Kier alpha value is -1.88. The van der Waals surface area contributed by atoms with Gasteiger partial charge in [0, 0.05) is 51.2 Å². The molecule has 3 heterocycles. The predicted octanol–water partition coefficient (Wildman–Crippen LogP) is 2.33. The van der Waals surface area contributed by atoms with E-state index < -0.39 is 5.41 Å². The highest BCUT2D eigenvalue weighted by molar-refractivity contribution is 5.87. The Kier molecular flexibility index (Phi) is 5.21. The number of fused-ring (bicyclic) bond motifs is 1. The smallest absolute Gasteiger partial charge is 0.232 e. The zero-order valence-electron chi connectivity index (χ0n) is 17.5. The first-order valence-electron chi connectivity index (χ1n) is 10.8. The van der Waals surface area contributed by atoms with Gasteiger partial charge in [-0.3, -0.25) is 14.5 Å². The minimum Gasteiger partial charge on any atom is -0.342 e. The fourth-order valence-corrected chi connectivity index (χ4v) is 5.33. The van der Waals surface area contributed by atoms with Crippen LogP contribution < -0.4 is 0 Å². The zero-order chi connectivity index (χ0) is 19.9. The van der Waals surface area contributed by atoms with Crippen LogP contribution in [0, 0.1) is 18.3 Å². The van der Waals surface area contributed by atoms with E-state index in [9.17, 15) is 9.59 Å². The van der Waals surface area contributed by atoms with E-state index in [1.807, 2.05) is 17.0 Å². The van der Waals surface area contributed by atoms with Gasteiger partial charge in [0.15, 0.2) is 0 Å². The molecule has 1 aromatic carbocycles. The number of rotatable bonds is 4. The largest absolute Gasteiger partial charge is 0.342 e. The molecule has 0 aliphatic carbocycles. The summed E-state index contributed by atoms with van der Waals surface area (Å²) in [6, 6.07) is 8.60. The Morgan fingerprint density at radius 2 is 1.86 bits per heavy atom. The molecule has 3 aliphatic rings. The molecule has 2 atom stereocenters. The molecule has 0 aromatic heterocycles. The van der Waals surface area contributed by atoms with Crippen LogP contribution in [0.3, 0.4) is 0 Å². The Balaban J connectivity index is 1.52. The lowest BCUT2D eigenvalue weighted by Gasteiger charge is -2.33. The van der Waals surface area contributed by atoms with Crippen LogP contribution in [-0.4, -0.2) is 71.8 Å². The van der Waals surface area contributed by atoms with Gasteiger partial charge in [0.1, 0.15) is 0 Å². The van der Waals surface area contributed by atoms with Crippen LogP contribution in [0.2, 0.25) is 0 Å². The van der Waals surface area contributed by atoms with Crippen molar-refractivity contribution in [2.24, 2.45) is 11.3 Å². The minimum absolute atomic E-state index is 0.157. The van der Waals surface area contributed by atoms with E-state index in [1.54, 1.807) is 0 Å². The van der Waals surface area contributed by atoms with Gasteiger partial charge >= 0.3 is 0 Å². The molecule has 0 N–H and O–H groups in total. The van der Waals surface area contributed by atoms with Crippen molar-refractivity contribution >= 4 is 11.8 Å². The van der Waals surface area contributed by atoms with E-state index in [-0.39, 0.29) is 11.8 Å². The fraction of sp³-hybridized carbons (Fsp3) is 0.652. The van der Waals surface area contributed by atoms with Crippen LogP contribution in [0.4, 0.5) is 0 Å². The zero-order valence-corrected chi connectivity index (χ0v) is 17.5.